The van der Waals surface area contributed by atoms with Crippen LogP contribution < -0.4 is 5.32 Å². The highest BCUT2D eigenvalue weighted by Gasteiger charge is 2.36. The first-order chi connectivity index (χ1) is 15.4. The Bertz CT molecular complexity index is 1280. The highest BCUT2D eigenvalue weighted by atomic mass is 19.1. The lowest BCUT2D eigenvalue weighted by Gasteiger charge is -2.37. The highest BCUT2D eigenvalue weighted by Crippen LogP contribution is 2.45. The number of carbonyl (C=O) groups excluding carboxylic acids is 1. The van der Waals surface area contributed by atoms with Gasteiger partial charge in [-0.25, -0.2) is 18.2 Å². The van der Waals surface area contributed by atoms with E-state index in [2.05, 4.69) is 15.3 Å². The maximum atomic E-state index is 14.5. The van der Waals surface area contributed by atoms with Crippen LogP contribution in [0.25, 0.3) is 22.2 Å². The zero-order valence-corrected chi connectivity index (χ0v) is 17.3. The lowest BCUT2D eigenvalue weighted by atomic mass is 9.74. The van der Waals surface area contributed by atoms with Crippen molar-refractivity contribution in [1.29, 1.82) is 0 Å². The predicted octanol–water partition coefficient (Wildman–Crippen LogP) is 5.07. The molecule has 1 unspecified atom stereocenters. The molecule has 0 saturated heterocycles. The minimum Gasteiger partial charge on any atom is -0.352 e. The minimum atomic E-state index is -0.673. The number of nitrogens with one attached hydrogen (secondary N) is 2. The second-order valence-corrected chi connectivity index (χ2v) is 8.29. The zero-order chi connectivity index (χ0) is 22.4. The first-order valence-corrected chi connectivity index (χ1v) is 10.4. The van der Waals surface area contributed by atoms with E-state index in [1.165, 1.54) is 18.2 Å². The number of rotatable bonds is 5. The van der Waals surface area contributed by atoms with E-state index in [-0.39, 0.29) is 35.2 Å². The molecule has 0 bridgehead atoms. The van der Waals surface area contributed by atoms with E-state index in [0.717, 1.165) is 11.6 Å². The van der Waals surface area contributed by atoms with Crippen molar-refractivity contribution in [3.63, 3.8) is 0 Å². The van der Waals surface area contributed by atoms with Gasteiger partial charge in [-0.3, -0.25) is 4.79 Å². The largest absolute Gasteiger partial charge is 0.352 e. The SMILES string of the molecule is CC(C(=O)N[C@H]1C[C@H](c2c(-c3ccc(F)cc3)[nH]c3c(F)cc(F)cc32)C1)n1ccnc1. The smallest absolute Gasteiger partial charge is 0.243 e. The Kier molecular flexibility index (Phi) is 5.00. The number of hydrogen-bond acceptors (Lipinski definition) is 2. The lowest BCUT2D eigenvalue weighted by Crippen LogP contribution is -2.45. The summed E-state index contributed by atoms with van der Waals surface area (Å²) in [6.45, 7) is 1.80. The third-order valence-corrected chi connectivity index (χ3v) is 6.24. The van der Waals surface area contributed by atoms with Gasteiger partial charge in [0.15, 0.2) is 0 Å². The fraction of sp³-hybridized carbons (Fsp3) is 0.250. The second kappa shape index (κ2) is 7.85. The van der Waals surface area contributed by atoms with Gasteiger partial charge < -0.3 is 14.9 Å². The monoisotopic (exact) mass is 438 g/mol. The Labute approximate surface area is 182 Å². The molecule has 8 heteroatoms. The molecule has 0 aliphatic heterocycles. The summed E-state index contributed by atoms with van der Waals surface area (Å²) >= 11 is 0. The molecule has 2 heterocycles. The molecule has 4 aromatic rings. The number of benzene rings is 2. The van der Waals surface area contributed by atoms with E-state index in [1.54, 1.807) is 42.3 Å². The van der Waals surface area contributed by atoms with Gasteiger partial charge in [0.25, 0.3) is 0 Å². The van der Waals surface area contributed by atoms with Crippen LogP contribution in [0, 0.1) is 17.5 Å². The number of imidazole rings is 1. The molecular formula is C24H21F3N4O. The van der Waals surface area contributed by atoms with Gasteiger partial charge in [-0.05, 0) is 67.1 Å². The second-order valence-electron chi connectivity index (χ2n) is 8.29. The van der Waals surface area contributed by atoms with Gasteiger partial charge in [-0.15, -0.1) is 0 Å². The van der Waals surface area contributed by atoms with Gasteiger partial charge >= 0.3 is 0 Å². The molecule has 2 N–H and O–H groups in total. The summed E-state index contributed by atoms with van der Waals surface area (Å²) in [5.41, 5.74) is 2.35. The molecule has 5 nitrogen and oxygen atoms in total. The van der Waals surface area contributed by atoms with E-state index in [9.17, 15) is 18.0 Å². The predicted molar refractivity (Wildman–Crippen MR) is 114 cm³/mol. The van der Waals surface area contributed by atoms with Crippen LogP contribution in [0.15, 0.2) is 55.1 Å². The molecule has 0 radical (unpaired) electrons. The van der Waals surface area contributed by atoms with Crippen molar-refractivity contribution in [2.24, 2.45) is 0 Å². The fourth-order valence-electron chi connectivity index (χ4n) is 4.44. The van der Waals surface area contributed by atoms with Gasteiger partial charge in [0, 0.05) is 29.9 Å². The van der Waals surface area contributed by atoms with Crippen molar-refractivity contribution in [3.05, 3.63) is 78.1 Å². The van der Waals surface area contributed by atoms with Crippen molar-refractivity contribution < 1.29 is 18.0 Å². The van der Waals surface area contributed by atoms with Gasteiger partial charge in [-0.1, -0.05) is 0 Å². The number of nitrogens with zero attached hydrogens (tertiary/aromatic N) is 2. The average molecular weight is 438 g/mol. The number of aromatic amines is 1. The molecule has 2 aromatic carbocycles. The Morgan fingerprint density at radius 1 is 1.16 bits per heavy atom. The fourth-order valence-corrected chi connectivity index (χ4v) is 4.44. The summed E-state index contributed by atoms with van der Waals surface area (Å²) in [6, 6.07) is 7.64. The molecule has 32 heavy (non-hydrogen) atoms. The Balaban J connectivity index is 1.42. The van der Waals surface area contributed by atoms with Crippen LogP contribution in [0.1, 0.15) is 37.3 Å². The maximum absolute atomic E-state index is 14.5. The van der Waals surface area contributed by atoms with Crippen LogP contribution in [0.5, 0.6) is 0 Å². The number of fused-ring (bicyclic) bond motifs is 1. The first kappa shape index (κ1) is 20.4. The van der Waals surface area contributed by atoms with E-state index < -0.39 is 11.6 Å². The van der Waals surface area contributed by atoms with Crippen LogP contribution in [0.4, 0.5) is 13.2 Å². The topological polar surface area (TPSA) is 62.7 Å². The number of hydrogen-bond donors (Lipinski definition) is 2. The molecule has 1 saturated carbocycles. The standard InChI is InChI=1S/C24H21F3N4O/c1-13(31-7-6-28-12-31)24(32)29-18-8-15(9-18)21-19-10-17(26)11-20(27)23(19)30-22(21)14-2-4-16(25)5-3-14/h2-7,10-13,15,18,30H,8-9H2,1H3,(H,29,32)/t13?,15-,18-. The Hall–Kier alpha value is -3.55. The van der Waals surface area contributed by atoms with Gasteiger partial charge in [0.2, 0.25) is 5.91 Å². The van der Waals surface area contributed by atoms with E-state index in [1.807, 2.05) is 0 Å². The summed E-state index contributed by atoms with van der Waals surface area (Å²) in [5, 5.41) is 3.51. The summed E-state index contributed by atoms with van der Waals surface area (Å²) in [4.78, 5) is 19.6. The molecule has 1 aliphatic rings. The minimum absolute atomic E-state index is 0.00106. The lowest BCUT2D eigenvalue weighted by molar-refractivity contribution is -0.125. The average Bonchev–Trinajstić information content (AvgIpc) is 3.39. The number of amides is 1. The third kappa shape index (κ3) is 3.55. The Morgan fingerprint density at radius 2 is 1.91 bits per heavy atom. The molecule has 1 atom stereocenters. The molecule has 1 fully saturated rings. The molecule has 164 valence electrons. The molecule has 5 rings (SSSR count). The van der Waals surface area contributed by atoms with Crippen molar-refractivity contribution in [2.45, 2.75) is 37.8 Å². The van der Waals surface area contributed by atoms with E-state index >= 15 is 0 Å². The molecule has 1 aliphatic carbocycles. The van der Waals surface area contributed by atoms with Crippen molar-refractivity contribution in [3.8, 4) is 11.3 Å². The van der Waals surface area contributed by atoms with E-state index in [4.69, 9.17) is 0 Å². The molecule has 0 spiro atoms. The van der Waals surface area contributed by atoms with Crippen LogP contribution >= 0.6 is 0 Å². The van der Waals surface area contributed by atoms with Gasteiger partial charge in [0.1, 0.15) is 23.5 Å². The summed E-state index contributed by atoms with van der Waals surface area (Å²) in [6.07, 6.45) is 6.23. The summed E-state index contributed by atoms with van der Waals surface area (Å²) < 4.78 is 43.7. The van der Waals surface area contributed by atoms with Crippen molar-refractivity contribution in [2.75, 3.05) is 0 Å². The number of H-pyrrole nitrogens is 1. The van der Waals surface area contributed by atoms with Crippen molar-refractivity contribution >= 4 is 16.8 Å². The number of aromatic nitrogens is 3. The molecular weight excluding hydrogens is 417 g/mol. The van der Waals surface area contributed by atoms with Crippen molar-refractivity contribution in [1.82, 2.24) is 19.9 Å². The highest BCUT2D eigenvalue weighted by molar-refractivity contribution is 5.92. The van der Waals surface area contributed by atoms with Gasteiger partial charge in [0.05, 0.1) is 17.5 Å². The third-order valence-electron chi connectivity index (χ3n) is 6.24. The maximum Gasteiger partial charge on any atom is 0.243 e. The molecule has 1 amide bonds. The van der Waals surface area contributed by atoms with Crippen LogP contribution in [-0.2, 0) is 4.79 Å². The van der Waals surface area contributed by atoms with E-state index in [0.29, 0.717) is 29.5 Å². The Morgan fingerprint density at radius 3 is 2.59 bits per heavy atom. The number of halogens is 3. The summed E-state index contributed by atoms with van der Waals surface area (Å²) in [5.74, 6) is -1.81. The van der Waals surface area contributed by atoms with Crippen LogP contribution in [-0.4, -0.2) is 26.5 Å². The quantitative estimate of drug-likeness (QED) is 0.457. The van der Waals surface area contributed by atoms with Crippen LogP contribution in [0.3, 0.4) is 0 Å². The molecule has 2 aromatic heterocycles. The zero-order valence-electron chi connectivity index (χ0n) is 17.3. The van der Waals surface area contributed by atoms with Crippen LogP contribution in [0.2, 0.25) is 0 Å². The number of carbonyl (C=O) groups is 1. The van der Waals surface area contributed by atoms with Gasteiger partial charge in [-0.2, -0.15) is 0 Å². The normalized spacial score (nSPS) is 19.0. The first-order valence-electron chi connectivity index (χ1n) is 10.4. The summed E-state index contributed by atoms with van der Waals surface area (Å²) in [7, 11) is 0.